The van der Waals surface area contributed by atoms with Crippen LogP contribution in [0.4, 0.5) is 52.7 Å². The Morgan fingerprint density at radius 2 is 0.658 bits per heavy atom. The molecule has 0 saturated heterocycles. The summed E-state index contributed by atoms with van der Waals surface area (Å²) in [6.07, 6.45) is -5.62. The molecule has 7 aromatic carbocycles. The van der Waals surface area contributed by atoms with E-state index in [2.05, 4.69) is 78.9 Å². The summed E-state index contributed by atoms with van der Waals surface area (Å²) in [7, 11) is 0. The van der Waals surface area contributed by atoms with Crippen molar-refractivity contribution in [3.05, 3.63) is 195 Å². The smallest absolute Gasteiger partial charge is 0.192 e. The number of halogens is 20. The number of rotatable bonds is 15. The maximum absolute atomic E-state index is 16.0. The van der Waals surface area contributed by atoms with Crippen molar-refractivity contribution in [2.75, 3.05) is 33.0 Å². The number of ether oxygens (including phenoxy) is 3. The van der Waals surface area contributed by atoms with Gasteiger partial charge < -0.3 is 0 Å². The Kier molecular flexibility index (Phi) is 20.1. The first kappa shape index (κ1) is 58.6. The molecule has 0 N–H and O–H groups in total. The summed E-state index contributed by atoms with van der Waals surface area (Å²) < 4.78 is 203. The predicted octanol–water partition coefficient (Wildman–Crippen LogP) is 12.6. The van der Waals surface area contributed by atoms with Crippen LogP contribution in [0.1, 0.15) is 6.92 Å². The van der Waals surface area contributed by atoms with Gasteiger partial charge in [-0.1, -0.05) is 92.8 Å². The van der Waals surface area contributed by atoms with Gasteiger partial charge in [0.05, 0.1) is 20.1 Å². The zero-order chi connectivity index (χ0) is 53.8. The molecule has 386 valence electrons. The molecule has 0 atom stereocenters. The maximum atomic E-state index is 16.0. The minimum Gasteiger partial charge on any atom is -0.207 e. The van der Waals surface area contributed by atoms with Crippen molar-refractivity contribution in [1.82, 2.24) is 0 Å². The summed E-state index contributed by atoms with van der Waals surface area (Å²) in [4.78, 5) is 0. The Morgan fingerprint density at radius 1 is 0.356 bits per heavy atom. The van der Waals surface area contributed by atoms with E-state index < -0.39 is 152 Å². The van der Waals surface area contributed by atoms with E-state index in [0.717, 1.165) is 12.4 Å². The van der Waals surface area contributed by atoms with Gasteiger partial charge in [0.25, 0.3) is 0 Å². The molecule has 0 radical (unpaired) electrons. The van der Waals surface area contributed by atoms with Crippen LogP contribution >= 0.6 is 92.8 Å². The monoisotopic (exact) mass is 1250 g/mol. The van der Waals surface area contributed by atoms with Crippen LogP contribution < -0.4 is 40.0 Å². The molecule has 0 aliphatic rings. The van der Waals surface area contributed by atoms with Crippen LogP contribution in [0.15, 0.2) is 84.9 Å². The summed E-state index contributed by atoms with van der Waals surface area (Å²) in [6, 6.07) is 29.9. The maximum Gasteiger partial charge on any atom is 0.192 e. The molecule has 0 bridgehead atoms. The first-order chi connectivity index (χ1) is 34.6. The van der Waals surface area contributed by atoms with Crippen LogP contribution in [0.3, 0.4) is 0 Å². The van der Waals surface area contributed by atoms with Crippen LogP contribution in [0.5, 0.6) is 5.75 Å². The minimum atomic E-state index is -5.62. The molecular weight excluding hydrogens is 1230 g/mol. The fourth-order valence-electron chi connectivity index (χ4n) is 7.69. The van der Waals surface area contributed by atoms with Gasteiger partial charge in [-0.2, -0.15) is 0 Å². The average molecular weight is 1250 g/mol. The van der Waals surface area contributed by atoms with Crippen LogP contribution in [0.25, 0.3) is 0 Å². The first-order valence-corrected chi connectivity index (χ1v) is 26.1. The number of hydrogen-bond donors (Lipinski definition) is 0. The van der Waals surface area contributed by atoms with Gasteiger partial charge in [0.1, 0.15) is 29.4 Å². The summed E-state index contributed by atoms with van der Waals surface area (Å²) in [6.45, 7) is 5.03. The van der Waals surface area contributed by atoms with Gasteiger partial charge in [-0.25, -0.2) is 52.7 Å². The van der Waals surface area contributed by atoms with Gasteiger partial charge in [0.15, 0.2) is 46.5 Å². The van der Waals surface area contributed by atoms with Gasteiger partial charge >= 0.3 is 172 Å². The fraction of sp³-hybridized carbons (Fsp3) is 0.125. The zero-order valence-electron chi connectivity index (χ0n) is 36.4. The van der Waals surface area contributed by atoms with Crippen LogP contribution in [0, 0.1) is 69.8 Å². The molecule has 0 fully saturated rings. The third-order valence-corrected chi connectivity index (χ3v) is 18.9. The van der Waals surface area contributed by atoms with Gasteiger partial charge in [-0.15, -0.1) is 21.9 Å². The van der Waals surface area contributed by atoms with Crippen molar-refractivity contribution in [2.24, 2.45) is 0 Å². The minimum absolute atomic E-state index is 0.533. The third kappa shape index (κ3) is 11.1. The Bertz CT molecular complexity index is 2770. The molecule has 0 unspecified atom stereocenters. The zero-order valence-corrected chi connectivity index (χ0v) is 44.1. The van der Waals surface area contributed by atoms with E-state index in [4.69, 9.17) is 107 Å². The summed E-state index contributed by atoms with van der Waals surface area (Å²) in [5, 5.41) is -13.9. The third-order valence-electron chi connectivity index (χ3n) is 10.8. The normalized spacial score (nSPS) is 11.6. The molecule has 0 aromatic heterocycles. The second-order valence-corrected chi connectivity index (χ2v) is 22.0. The summed E-state index contributed by atoms with van der Waals surface area (Å²) >= 11 is 45.2. The van der Waals surface area contributed by atoms with Crippen molar-refractivity contribution in [3.8, 4) is 5.75 Å². The van der Waals surface area contributed by atoms with Crippen LogP contribution in [-0.2, 0) is 9.47 Å². The van der Waals surface area contributed by atoms with Crippen molar-refractivity contribution in [1.29, 1.82) is 0 Å². The van der Waals surface area contributed by atoms with Gasteiger partial charge in [0.2, 0.25) is 0 Å². The SMILES string of the molecule is CCOCCOCCOc1ccccc1[Se+](c1ccccc1)c1ccccc1.Fc1c(F)c(Cl)c(Cl)c([B-](c2c(F)c(F)c(F)c(Cl)c2Cl)(c2c(F)c(F)c(F)c(Cl)c2Cl)c2c(F)c(F)c(F)c(Cl)c2Cl)c1F. The number of para-hydroxylation sites is 1. The molecule has 7 aromatic rings. The average Bonchev–Trinajstić information content (AvgIpc) is 3.39. The second kappa shape index (κ2) is 25.0. The molecule has 3 nitrogen and oxygen atoms in total. The second-order valence-electron chi connectivity index (χ2n) is 14.8. The predicted molar refractivity (Wildman–Crippen MR) is 266 cm³/mol. The van der Waals surface area contributed by atoms with E-state index in [0.29, 0.717) is 26.4 Å². The molecular formula is C48H27BCl8F12O3Se. The molecule has 0 saturated carbocycles. The van der Waals surface area contributed by atoms with Crippen LogP contribution in [0.2, 0.25) is 40.2 Å². The molecule has 0 aliphatic carbocycles. The Hall–Kier alpha value is -3.68. The molecule has 7 rings (SSSR count). The van der Waals surface area contributed by atoms with E-state index in [-0.39, 0.29) is 0 Å². The van der Waals surface area contributed by atoms with E-state index in [1.165, 1.54) is 13.4 Å². The van der Waals surface area contributed by atoms with E-state index >= 15 is 35.1 Å². The molecule has 73 heavy (non-hydrogen) atoms. The number of benzene rings is 7. The quantitative estimate of drug-likeness (QED) is 0.0337. The van der Waals surface area contributed by atoms with Crippen molar-refractivity contribution in [3.63, 3.8) is 0 Å². The van der Waals surface area contributed by atoms with Crippen LogP contribution in [-0.4, -0.2) is 53.1 Å². The molecule has 0 amide bonds. The van der Waals surface area contributed by atoms with E-state index in [1.54, 1.807) is 0 Å². The summed E-state index contributed by atoms with van der Waals surface area (Å²) in [5.41, 5.74) is -8.47. The Labute approximate surface area is 452 Å². The molecule has 0 heterocycles. The Morgan fingerprint density at radius 3 is 1.00 bits per heavy atom. The Balaban J connectivity index is 0.000000265. The largest absolute Gasteiger partial charge is 0.207 e. The fourth-order valence-corrected chi connectivity index (χ4v) is 14.3. The van der Waals surface area contributed by atoms with Crippen molar-refractivity contribution >= 4 is 148 Å². The summed E-state index contributed by atoms with van der Waals surface area (Å²) in [5.74, 6) is -30.3. The topological polar surface area (TPSA) is 27.7 Å². The van der Waals surface area contributed by atoms with E-state index in [9.17, 15) is 17.6 Å². The molecule has 0 aliphatic heterocycles. The van der Waals surface area contributed by atoms with Gasteiger partial charge in [-0.05, 0) is 0 Å². The van der Waals surface area contributed by atoms with Gasteiger partial charge in [-0.3, -0.25) is 0 Å². The first-order valence-electron chi connectivity index (χ1n) is 20.6. The van der Waals surface area contributed by atoms with Crippen molar-refractivity contribution in [2.45, 2.75) is 6.92 Å². The van der Waals surface area contributed by atoms with Gasteiger partial charge in [0, 0.05) is 20.1 Å². The number of hydrogen-bond acceptors (Lipinski definition) is 3. The standard InChI is InChI=1S/C24BCl8F12.C24H27O3Se/c26-5-1(13(34)21(42)17(38)9(5)30)25(2-6(27)10(31)18(39)22(43)14(2)35,3-7(28)11(32)19(40)23(44)15(3)36)4-8(29)12(33)20(41)24(45)16(4)37;1-2-25-17-18-26-19-20-27-23-15-9-10-16-24(23)28(21-11-5-3-6-12-21)22-13-7-4-8-14-22/h;3-16H,2,17-20H2,1H3/q-1;+1. The molecule has 0 spiro atoms. The van der Waals surface area contributed by atoms with E-state index in [1.807, 2.05) is 13.0 Å². The molecule has 25 heteroatoms. The van der Waals surface area contributed by atoms with Crippen molar-refractivity contribution < 1.29 is 66.9 Å².